The van der Waals surface area contributed by atoms with E-state index in [1.54, 1.807) is 4.90 Å². The summed E-state index contributed by atoms with van der Waals surface area (Å²) >= 11 is 0. The molecule has 2 aliphatic heterocycles. The number of carbonyl (C=O) groups is 1. The van der Waals surface area contributed by atoms with E-state index in [9.17, 15) is 27.6 Å². The lowest BCUT2D eigenvalue weighted by Gasteiger charge is -2.41. The molecule has 2 saturated heterocycles. The Morgan fingerprint density at radius 1 is 1.34 bits per heavy atom. The first kappa shape index (κ1) is 30.3. The van der Waals surface area contributed by atoms with Gasteiger partial charge in [-0.3, -0.25) is 4.79 Å². The van der Waals surface area contributed by atoms with Crippen molar-refractivity contribution in [2.24, 2.45) is 0 Å². The topological polar surface area (TPSA) is 121 Å². The van der Waals surface area contributed by atoms with Gasteiger partial charge in [-0.1, -0.05) is 25.2 Å². The number of hydrogen-bond donors (Lipinski definition) is 2. The number of nitrogen functional groups attached to an aromatic ring is 1. The third-order valence-corrected chi connectivity index (χ3v) is 5.84. The molecule has 1 amide bonds. The highest BCUT2D eigenvalue weighted by Gasteiger charge is 2.35. The molecular formula is C26H32F4N6O2. The Labute approximate surface area is 219 Å². The molecule has 0 radical (unpaired) electrons. The average Bonchev–Trinajstić information content (AvgIpc) is 3.24. The van der Waals surface area contributed by atoms with Crippen molar-refractivity contribution < 1.29 is 26.8 Å². The molecule has 3 N–H and O–H groups in total. The number of piperidine rings is 1. The van der Waals surface area contributed by atoms with Crippen LogP contribution < -0.4 is 16.0 Å². The minimum atomic E-state index is -2.50. The van der Waals surface area contributed by atoms with Gasteiger partial charge >= 0.3 is 6.01 Å². The Bertz CT molecular complexity index is 1230. The highest BCUT2D eigenvalue weighted by molar-refractivity contribution is 5.86. The van der Waals surface area contributed by atoms with Gasteiger partial charge < -0.3 is 20.4 Å². The fourth-order valence-electron chi connectivity index (χ4n) is 3.73. The van der Waals surface area contributed by atoms with E-state index < -0.39 is 29.4 Å². The maximum Gasteiger partial charge on any atom is 0.313 e. The molecule has 4 rings (SSSR count). The number of allylic oxidation sites excluding steroid dienone is 2. The second-order valence-corrected chi connectivity index (χ2v) is 9.34. The zero-order valence-electron chi connectivity index (χ0n) is 21.9. The third-order valence-electron chi connectivity index (χ3n) is 5.84. The molecule has 1 aromatic heterocycles. The third kappa shape index (κ3) is 7.81. The number of alkyl halides is 2. The normalized spacial score (nSPS) is 18.7. The number of hydrogen-bond acceptors (Lipinski definition) is 7. The lowest BCUT2D eigenvalue weighted by atomic mass is 9.87. The monoisotopic (exact) mass is 536 g/mol. The first-order valence-electron chi connectivity index (χ1n) is 12.0. The first-order chi connectivity index (χ1) is 17.7. The van der Waals surface area contributed by atoms with Crippen LogP contribution in [0.3, 0.4) is 0 Å². The van der Waals surface area contributed by atoms with Gasteiger partial charge in [0.2, 0.25) is 17.7 Å². The first-order valence-corrected chi connectivity index (χ1v) is 12.0. The summed E-state index contributed by atoms with van der Waals surface area (Å²) in [5.74, 6) is -5.18. The number of benzene rings is 1. The van der Waals surface area contributed by atoms with E-state index in [1.165, 1.54) is 6.07 Å². The van der Waals surface area contributed by atoms with E-state index in [2.05, 4.69) is 28.7 Å². The molecule has 2 fully saturated rings. The highest BCUT2D eigenvalue weighted by Crippen LogP contribution is 2.38. The van der Waals surface area contributed by atoms with Gasteiger partial charge in [0.1, 0.15) is 23.3 Å². The summed E-state index contributed by atoms with van der Waals surface area (Å²) in [7, 11) is 0. The van der Waals surface area contributed by atoms with E-state index in [0.717, 1.165) is 32.3 Å². The van der Waals surface area contributed by atoms with E-state index in [1.807, 2.05) is 19.9 Å². The highest BCUT2D eigenvalue weighted by atomic mass is 19.3. The molecule has 206 valence electrons. The van der Waals surface area contributed by atoms with Crippen molar-refractivity contribution in [1.29, 1.82) is 5.26 Å². The van der Waals surface area contributed by atoms with Crippen molar-refractivity contribution >= 4 is 23.2 Å². The zero-order chi connectivity index (χ0) is 28.8. The number of rotatable bonds is 4. The van der Waals surface area contributed by atoms with Gasteiger partial charge in [-0.15, -0.1) is 5.10 Å². The number of nitrogens with two attached hydrogens (primary N) is 1. The number of carbonyl (C=O) groups excluding carboxylic acids is 1. The maximum atomic E-state index is 14.8. The van der Waals surface area contributed by atoms with Crippen molar-refractivity contribution in [3.63, 3.8) is 0 Å². The number of nitriles is 1. The number of nitrogens with one attached hydrogen (secondary N) is 1. The standard InChI is InChI=1S/C17H17F2N3O.C6H9N3O.C3H6F2/c1-9-3-4-11(17(23)21-9)15-13(18)7-14(12(8-20)16(15)19)22-6-5-10(22)2;1-3-4(2)5-8-9-6(7)10-5;1-3(2,4)5/h7,10-11H,1,3-6H2,2H3,(H,21,23);2-3H2,1H3,(H2,7,9);1-2H3. The summed E-state index contributed by atoms with van der Waals surface area (Å²) in [5, 5.41) is 19.0. The average molecular weight is 537 g/mol. The predicted octanol–water partition coefficient (Wildman–Crippen LogP) is 5.68. The van der Waals surface area contributed by atoms with Gasteiger partial charge in [0.05, 0.1) is 11.6 Å². The molecule has 2 atom stereocenters. The Hall–Kier alpha value is -3.88. The Morgan fingerprint density at radius 3 is 2.39 bits per heavy atom. The van der Waals surface area contributed by atoms with Crippen LogP contribution >= 0.6 is 0 Å². The second-order valence-electron chi connectivity index (χ2n) is 9.34. The molecule has 0 spiro atoms. The van der Waals surface area contributed by atoms with Crippen LogP contribution in [-0.2, 0) is 4.79 Å². The van der Waals surface area contributed by atoms with Gasteiger partial charge in [0, 0.05) is 29.4 Å². The molecule has 38 heavy (non-hydrogen) atoms. The van der Waals surface area contributed by atoms with Crippen molar-refractivity contribution in [1.82, 2.24) is 15.5 Å². The molecule has 2 aliphatic rings. The Balaban J connectivity index is 0.000000279. The van der Waals surface area contributed by atoms with Crippen LogP contribution in [0.5, 0.6) is 0 Å². The van der Waals surface area contributed by atoms with Crippen LogP contribution in [0.4, 0.5) is 29.3 Å². The number of nitrogens with zero attached hydrogens (tertiary/aromatic N) is 4. The summed E-state index contributed by atoms with van der Waals surface area (Å²) < 4.78 is 56.3. The van der Waals surface area contributed by atoms with Gasteiger partial charge in [0.25, 0.3) is 0 Å². The van der Waals surface area contributed by atoms with Crippen LogP contribution in [0.1, 0.15) is 76.3 Å². The SMILES string of the molecule is C=C(CC)c1nnc(N)o1.C=C1CCC(c2c(F)cc(N3CCC3C)c(C#N)c2F)C(=O)N1.CC(C)(F)F. The van der Waals surface area contributed by atoms with Crippen LogP contribution in [0.25, 0.3) is 5.57 Å². The van der Waals surface area contributed by atoms with Crippen molar-refractivity contribution in [3.8, 4) is 6.07 Å². The van der Waals surface area contributed by atoms with E-state index in [-0.39, 0.29) is 35.3 Å². The molecule has 3 heterocycles. The van der Waals surface area contributed by atoms with E-state index in [4.69, 9.17) is 10.2 Å². The van der Waals surface area contributed by atoms with Gasteiger partial charge in [-0.2, -0.15) is 5.26 Å². The lowest BCUT2D eigenvalue weighted by molar-refractivity contribution is -0.123. The largest absolute Gasteiger partial charge is 0.404 e. The van der Waals surface area contributed by atoms with Crippen LogP contribution in [-0.4, -0.2) is 34.6 Å². The number of halogens is 4. The smallest absolute Gasteiger partial charge is 0.313 e. The maximum absolute atomic E-state index is 14.8. The molecular weight excluding hydrogens is 504 g/mol. The van der Waals surface area contributed by atoms with Gasteiger partial charge in [-0.25, -0.2) is 17.6 Å². The number of anilines is 2. The fraction of sp³-hybridized carbons (Fsp3) is 0.462. The van der Waals surface area contributed by atoms with Crippen molar-refractivity contribution in [2.75, 3.05) is 17.2 Å². The summed E-state index contributed by atoms with van der Waals surface area (Å²) in [6.07, 6.45) is 2.45. The molecule has 2 unspecified atom stereocenters. The number of amides is 1. The Morgan fingerprint density at radius 2 is 1.97 bits per heavy atom. The molecule has 0 bridgehead atoms. The second kappa shape index (κ2) is 12.6. The Kier molecular flexibility index (Phi) is 10.0. The lowest BCUT2D eigenvalue weighted by Crippen LogP contribution is -2.46. The van der Waals surface area contributed by atoms with Crippen molar-refractivity contribution in [3.05, 3.63) is 53.6 Å². The van der Waals surface area contributed by atoms with E-state index in [0.29, 0.717) is 24.6 Å². The molecule has 12 heteroatoms. The molecule has 2 aromatic rings. The summed E-state index contributed by atoms with van der Waals surface area (Å²) in [5.41, 5.74) is 6.30. The quantitative estimate of drug-likeness (QED) is 0.482. The number of aromatic nitrogens is 2. The van der Waals surface area contributed by atoms with Gasteiger partial charge in [0.15, 0.2) is 0 Å². The zero-order valence-corrected chi connectivity index (χ0v) is 21.9. The molecule has 0 saturated carbocycles. The minimum Gasteiger partial charge on any atom is -0.404 e. The summed E-state index contributed by atoms with van der Waals surface area (Å²) in [4.78, 5) is 13.9. The minimum absolute atomic E-state index is 0.0876. The molecule has 1 aromatic carbocycles. The predicted molar refractivity (Wildman–Crippen MR) is 136 cm³/mol. The molecule has 8 nitrogen and oxygen atoms in total. The van der Waals surface area contributed by atoms with Crippen LogP contribution in [0.15, 0.2) is 29.3 Å². The fourth-order valence-corrected chi connectivity index (χ4v) is 3.73. The molecule has 0 aliphatic carbocycles. The van der Waals surface area contributed by atoms with Crippen LogP contribution in [0.2, 0.25) is 0 Å². The van der Waals surface area contributed by atoms with E-state index >= 15 is 0 Å². The van der Waals surface area contributed by atoms with Crippen molar-refractivity contribution in [2.45, 2.75) is 71.3 Å². The summed E-state index contributed by atoms with van der Waals surface area (Å²) in [6, 6.07) is 3.25. The summed E-state index contributed by atoms with van der Waals surface area (Å²) in [6.45, 7) is 13.6. The van der Waals surface area contributed by atoms with Crippen LogP contribution in [0, 0.1) is 23.0 Å². The van der Waals surface area contributed by atoms with Gasteiger partial charge in [-0.05, 0) is 52.5 Å².